The van der Waals surface area contributed by atoms with Gasteiger partial charge in [0.1, 0.15) is 0 Å². The number of pyridine rings is 2. The molecule has 1 fully saturated rings. The van der Waals surface area contributed by atoms with Crippen LogP contribution in [0, 0.1) is 0 Å². The summed E-state index contributed by atoms with van der Waals surface area (Å²) in [6, 6.07) is 20.0. The Balaban J connectivity index is 1.36. The van der Waals surface area contributed by atoms with Crippen molar-refractivity contribution in [2.75, 3.05) is 36.4 Å². The number of hydrogen-bond donors (Lipinski definition) is 1. The average molecular weight is 383 g/mol. The van der Waals surface area contributed by atoms with Crippen molar-refractivity contribution in [2.24, 2.45) is 0 Å². The summed E-state index contributed by atoms with van der Waals surface area (Å²) in [6.07, 6.45) is 3.52. The van der Waals surface area contributed by atoms with Gasteiger partial charge in [0.25, 0.3) is 0 Å². The van der Waals surface area contributed by atoms with Gasteiger partial charge < -0.3 is 15.1 Å². The van der Waals surface area contributed by atoms with Crippen molar-refractivity contribution in [3.05, 3.63) is 73.1 Å². The molecular weight excluding hydrogens is 362 g/mol. The third-order valence-electron chi connectivity index (χ3n) is 5.39. The summed E-state index contributed by atoms with van der Waals surface area (Å²) in [5.74, 6) is 0. The predicted octanol–water partition coefficient (Wildman–Crippen LogP) is 4.14. The van der Waals surface area contributed by atoms with Crippen LogP contribution in [0.5, 0.6) is 0 Å². The summed E-state index contributed by atoms with van der Waals surface area (Å²) in [4.78, 5) is 26.1. The standard InChI is InChI=1S/C23H21N5O/c29-23(28-14-12-27(13-15-28)18-7-2-1-3-8-18)26-20-16-17-6-4-10-24-21(17)22-19(20)9-5-11-25-22/h1-11,16H,12-15H2,(H,26,29). The molecule has 0 atom stereocenters. The third-order valence-corrected chi connectivity index (χ3v) is 5.39. The molecule has 0 aliphatic carbocycles. The summed E-state index contributed by atoms with van der Waals surface area (Å²) in [5.41, 5.74) is 3.61. The van der Waals surface area contributed by atoms with Gasteiger partial charge >= 0.3 is 6.03 Å². The number of hydrogen-bond acceptors (Lipinski definition) is 4. The fraction of sp³-hybridized carbons (Fsp3) is 0.174. The number of nitrogens with zero attached hydrogens (tertiary/aromatic N) is 4. The monoisotopic (exact) mass is 383 g/mol. The van der Waals surface area contributed by atoms with Gasteiger partial charge in [-0.25, -0.2) is 4.79 Å². The van der Waals surface area contributed by atoms with Crippen LogP contribution < -0.4 is 10.2 Å². The van der Waals surface area contributed by atoms with Gasteiger partial charge in [0.05, 0.1) is 16.7 Å². The van der Waals surface area contributed by atoms with Gasteiger partial charge in [0.2, 0.25) is 0 Å². The quantitative estimate of drug-likeness (QED) is 0.529. The van der Waals surface area contributed by atoms with Gasteiger partial charge in [-0.05, 0) is 36.4 Å². The highest BCUT2D eigenvalue weighted by Crippen LogP contribution is 2.29. The van der Waals surface area contributed by atoms with Crippen molar-refractivity contribution in [1.82, 2.24) is 14.9 Å². The summed E-state index contributed by atoms with van der Waals surface area (Å²) in [5, 5.41) is 4.96. The summed E-state index contributed by atoms with van der Waals surface area (Å²) >= 11 is 0. The van der Waals surface area contributed by atoms with E-state index in [1.165, 1.54) is 5.69 Å². The molecule has 29 heavy (non-hydrogen) atoms. The first-order chi connectivity index (χ1) is 14.3. The van der Waals surface area contributed by atoms with Gasteiger partial charge in [-0.2, -0.15) is 0 Å². The molecule has 4 aromatic rings. The fourth-order valence-electron chi connectivity index (χ4n) is 3.88. The van der Waals surface area contributed by atoms with Gasteiger partial charge in [-0.1, -0.05) is 24.3 Å². The highest BCUT2D eigenvalue weighted by Gasteiger charge is 2.22. The van der Waals surface area contributed by atoms with Crippen LogP contribution >= 0.6 is 0 Å². The van der Waals surface area contributed by atoms with Crippen LogP contribution in [-0.2, 0) is 0 Å². The number of rotatable bonds is 2. The first-order valence-corrected chi connectivity index (χ1v) is 9.78. The molecule has 0 radical (unpaired) electrons. The van der Waals surface area contributed by atoms with Crippen molar-refractivity contribution in [3.63, 3.8) is 0 Å². The van der Waals surface area contributed by atoms with Gasteiger partial charge in [0, 0.05) is 55.0 Å². The average Bonchev–Trinajstić information content (AvgIpc) is 2.80. The molecule has 6 heteroatoms. The normalized spacial score (nSPS) is 14.3. The molecular formula is C23H21N5O. The van der Waals surface area contributed by atoms with Crippen molar-refractivity contribution in [2.45, 2.75) is 0 Å². The first kappa shape index (κ1) is 17.4. The van der Waals surface area contributed by atoms with Crippen LogP contribution in [0.3, 0.4) is 0 Å². The maximum atomic E-state index is 13.0. The van der Waals surface area contributed by atoms with E-state index in [0.717, 1.165) is 40.6 Å². The van der Waals surface area contributed by atoms with Crippen LogP contribution in [0.4, 0.5) is 16.2 Å². The molecule has 2 aromatic carbocycles. The Hall–Kier alpha value is -3.67. The van der Waals surface area contributed by atoms with E-state index in [4.69, 9.17) is 0 Å². The fourth-order valence-corrected chi connectivity index (χ4v) is 3.88. The van der Waals surface area contributed by atoms with Gasteiger partial charge in [-0.15, -0.1) is 0 Å². The predicted molar refractivity (Wildman–Crippen MR) is 116 cm³/mol. The van der Waals surface area contributed by atoms with Crippen LogP contribution in [0.1, 0.15) is 0 Å². The first-order valence-electron chi connectivity index (χ1n) is 9.78. The van der Waals surface area contributed by atoms with E-state index < -0.39 is 0 Å². The van der Waals surface area contributed by atoms with Crippen LogP contribution in [-0.4, -0.2) is 47.1 Å². The lowest BCUT2D eigenvalue weighted by atomic mass is 10.1. The topological polar surface area (TPSA) is 61.4 Å². The van der Waals surface area contributed by atoms with Crippen LogP contribution in [0.2, 0.25) is 0 Å². The number of piperazine rings is 1. The lowest BCUT2D eigenvalue weighted by molar-refractivity contribution is 0.208. The van der Waals surface area contributed by atoms with Crippen LogP contribution in [0.15, 0.2) is 73.1 Å². The van der Waals surface area contributed by atoms with Gasteiger partial charge in [-0.3, -0.25) is 9.97 Å². The lowest BCUT2D eigenvalue weighted by Gasteiger charge is -2.36. The van der Waals surface area contributed by atoms with Crippen molar-refractivity contribution >= 4 is 39.2 Å². The molecule has 1 N–H and O–H groups in total. The second-order valence-corrected chi connectivity index (χ2v) is 7.14. The molecule has 1 aliphatic heterocycles. The minimum atomic E-state index is -0.0777. The molecule has 144 valence electrons. The van der Waals surface area contributed by atoms with E-state index >= 15 is 0 Å². The maximum Gasteiger partial charge on any atom is 0.321 e. The Bertz CT molecular complexity index is 1170. The Morgan fingerprint density at radius 2 is 1.55 bits per heavy atom. The second-order valence-electron chi connectivity index (χ2n) is 7.14. The Labute approximate surface area is 168 Å². The number of anilines is 2. The van der Waals surface area contributed by atoms with Gasteiger partial charge in [0.15, 0.2) is 0 Å². The maximum absolute atomic E-state index is 13.0. The zero-order valence-electron chi connectivity index (χ0n) is 16.0. The zero-order valence-corrected chi connectivity index (χ0v) is 16.0. The molecule has 0 saturated carbocycles. The van der Waals surface area contributed by atoms with E-state index in [0.29, 0.717) is 13.1 Å². The van der Waals surface area contributed by atoms with E-state index in [1.807, 2.05) is 53.4 Å². The van der Waals surface area contributed by atoms with E-state index in [2.05, 4.69) is 32.3 Å². The molecule has 5 rings (SSSR count). The third kappa shape index (κ3) is 3.33. The second kappa shape index (κ2) is 7.39. The largest absolute Gasteiger partial charge is 0.368 e. The highest BCUT2D eigenvalue weighted by atomic mass is 16.2. The van der Waals surface area contributed by atoms with E-state index in [-0.39, 0.29) is 6.03 Å². The Morgan fingerprint density at radius 1 is 0.828 bits per heavy atom. The minimum absolute atomic E-state index is 0.0777. The smallest absolute Gasteiger partial charge is 0.321 e. The number of urea groups is 1. The minimum Gasteiger partial charge on any atom is -0.368 e. The molecule has 6 nitrogen and oxygen atoms in total. The van der Waals surface area contributed by atoms with E-state index in [9.17, 15) is 4.79 Å². The van der Waals surface area contributed by atoms with Crippen molar-refractivity contribution in [3.8, 4) is 0 Å². The number of fused-ring (bicyclic) bond motifs is 3. The summed E-state index contributed by atoms with van der Waals surface area (Å²) < 4.78 is 0. The molecule has 1 saturated heterocycles. The number of carbonyl (C=O) groups excluding carboxylic acids is 1. The SMILES string of the molecule is O=C(Nc1cc2cccnc2c2ncccc12)N1CCN(c2ccccc2)CC1. The number of benzene rings is 2. The van der Waals surface area contributed by atoms with Crippen molar-refractivity contribution in [1.29, 1.82) is 0 Å². The lowest BCUT2D eigenvalue weighted by Crippen LogP contribution is -2.50. The number of nitrogens with one attached hydrogen (secondary N) is 1. The zero-order chi connectivity index (χ0) is 19.6. The number of carbonyl (C=O) groups is 1. The summed E-state index contributed by atoms with van der Waals surface area (Å²) in [7, 11) is 0. The highest BCUT2D eigenvalue weighted by molar-refractivity contribution is 6.11. The van der Waals surface area contributed by atoms with Crippen LogP contribution in [0.25, 0.3) is 21.8 Å². The molecule has 3 heterocycles. The molecule has 1 aliphatic rings. The Morgan fingerprint density at radius 3 is 2.34 bits per heavy atom. The summed E-state index contributed by atoms with van der Waals surface area (Å²) in [6.45, 7) is 3.01. The van der Waals surface area contributed by atoms with Crippen molar-refractivity contribution < 1.29 is 4.79 Å². The molecule has 2 amide bonds. The molecule has 0 spiro atoms. The van der Waals surface area contributed by atoms with E-state index in [1.54, 1.807) is 12.4 Å². The molecule has 0 unspecified atom stereocenters. The number of para-hydroxylation sites is 1. The molecule has 2 aromatic heterocycles. The Kier molecular flexibility index (Phi) is 4.44. The molecule has 0 bridgehead atoms. The number of amides is 2. The number of aromatic nitrogens is 2.